The van der Waals surface area contributed by atoms with Gasteiger partial charge in [0.25, 0.3) is 5.91 Å². The predicted octanol–water partition coefficient (Wildman–Crippen LogP) is 3.39. The molecule has 1 saturated heterocycles. The maximum absolute atomic E-state index is 12.2. The number of carbonyl (C=O) groups excluding carboxylic acids is 2. The third-order valence-electron chi connectivity index (χ3n) is 3.91. The molecule has 1 fully saturated rings. The van der Waals surface area contributed by atoms with Crippen molar-refractivity contribution in [1.82, 2.24) is 5.32 Å². The summed E-state index contributed by atoms with van der Waals surface area (Å²) in [6.07, 6.45) is 0.767. The first-order valence-corrected chi connectivity index (χ1v) is 9.78. The van der Waals surface area contributed by atoms with Gasteiger partial charge in [-0.05, 0) is 66.7 Å². The second-order valence-electron chi connectivity index (χ2n) is 6.38. The van der Waals surface area contributed by atoms with Gasteiger partial charge in [0.2, 0.25) is 5.91 Å². The molecule has 2 aromatic rings. The van der Waals surface area contributed by atoms with Gasteiger partial charge in [-0.3, -0.25) is 9.59 Å². The molecule has 2 amide bonds. The van der Waals surface area contributed by atoms with E-state index in [0.29, 0.717) is 27.2 Å². The number of amides is 2. The summed E-state index contributed by atoms with van der Waals surface area (Å²) >= 11 is 1.21. The van der Waals surface area contributed by atoms with Crippen LogP contribution in [-0.4, -0.2) is 34.2 Å². The number of amidine groups is 1. The molecular formula is C21H19N3O5S. The fourth-order valence-electron chi connectivity index (χ4n) is 2.47. The second kappa shape index (κ2) is 9.27. The van der Waals surface area contributed by atoms with Crippen LogP contribution in [0.1, 0.15) is 19.4 Å². The standard InChI is InChI=1S/C21H19N3O5S/c1-12(20(27)28)29-17-9-3-14(4-10-17)11-18-19(26)24-21(30-18)23-16-7-5-15(6-8-16)22-13(2)25/h3-12H,1-2H3,(H,22,25)(H,27,28)(H,23,24,26)/b18-11+. The molecule has 9 heteroatoms. The minimum Gasteiger partial charge on any atom is -0.479 e. The quantitative estimate of drug-likeness (QED) is 0.611. The van der Waals surface area contributed by atoms with Crippen LogP contribution in [0.5, 0.6) is 5.75 Å². The number of carboxylic acids is 1. The molecule has 1 unspecified atom stereocenters. The van der Waals surface area contributed by atoms with Crippen molar-refractivity contribution in [2.24, 2.45) is 4.99 Å². The molecule has 1 aliphatic heterocycles. The summed E-state index contributed by atoms with van der Waals surface area (Å²) in [5.74, 6) is -1.02. The van der Waals surface area contributed by atoms with Crippen LogP contribution < -0.4 is 15.4 Å². The van der Waals surface area contributed by atoms with E-state index in [9.17, 15) is 14.4 Å². The SMILES string of the molecule is CC(=O)Nc1ccc(N=C2NC(=O)/C(=C\c3ccc(OC(C)C(=O)O)cc3)S2)cc1. The molecule has 1 aliphatic rings. The Kier molecular flexibility index (Phi) is 6.53. The van der Waals surface area contributed by atoms with Crippen LogP contribution >= 0.6 is 11.8 Å². The molecular weight excluding hydrogens is 406 g/mol. The van der Waals surface area contributed by atoms with Crippen molar-refractivity contribution in [3.05, 3.63) is 59.0 Å². The van der Waals surface area contributed by atoms with E-state index in [4.69, 9.17) is 9.84 Å². The van der Waals surface area contributed by atoms with E-state index in [0.717, 1.165) is 5.56 Å². The Hall–Kier alpha value is -3.59. The van der Waals surface area contributed by atoms with Crippen molar-refractivity contribution in [3.63, 3.8) is 0 Å². The summed E-state index contributed by atoms with van der Waals surface area (Å²) in [7, 11) is 0. The molecule has 30 heavy (non-hydrogen) atoms. The lowest BCUT2D eigenvalue weighted by Gasteiger charge is -2.10. The lowest BCUT2D eigenvalue weighted by Crippen LogP contribution is -2.22. The van der Waals surface area contributed by atoms with Gasteiger partial charge >= 0.3 is 5.97 Å². The van der Waals surface area contributed by atoms with Gasteiger partial charge in [-0.1, -0.05) is 12.1 Å². The molecule has 3 N–H and O–H groups in total. The van der Waals surface area contributed by atoms with Crippen molar-refractivity contribution < 1.29 is 24.2 Å². The first-order valence-electron chi connectivity index (χ1n) is 8.97. The van der Waals surface area contributed by atoms with Gasteiger partial charge in [-0.2, -0.15) is 0 Å². The minimum atomic E-state index is -1.04. The van der Waals surface area contributed by atoms with Crippen molar-refractivity contribution in [3.8, 4) is 5.75 Å². The molecule has 0 radical (unpaired) electrons. The third kappa shape index (κ3) is 5.71. The Labute approximate surface area is 177 Å². The number of aliphatic carboxylic acids is 1. The summed E-state index contributed by atoms with van der Waals surface area (Å²) in [6, 6.07) is 13.7. The van der Waals surface area contributed by atoms with Crippen LogP contribution in [-0.2, 0) is 14.4 Å². The number of nitrogens with zero attached hydrogens (tertiary/aromatic N) is 1. The first kappa shape index (κ1) is 21.1. The third-order valence-corrected chi connectivity index (χ3v) is 4.82. The summed E-state index contributed by atoms with van der Waals surface area (Å²) < 4.78 is 5.29. The lowest BCUT2D eigenvalue weighted by atomic mass is 10.2. The Bertz CT molecular complexity index is 1030. The highest BCUT2D eigenvalue weighted by Crippen LogP contribution is 2.29. The highest BCUT2D eigenvalue weighted by atomic mass is 32.2. The summed E-state index contributed by atoms with van der Waals surface area (Å²) in [4.78, 5) is 39.0. The zero-order valence-corrected chi connectivity index (χ0v) is 17.0. The molecule has 154 valence electrons. The largest absolute Gasteiger partial charge is 0.479 e. The number of hydrogen-bond acceptors (Lipinski definition) is 6. The van der Waals surface area contributed by atoms with Crippen molar-refractivity contribution in [1.29, 1.82) is 0 Å². The summed E-state index contributed by atoms with van der Waals surface area (Å²) in [5.41, 5.74) is 2.08. The number of aliphatic imine (C=N–C) groups is 1. The molecule has 0 bridgehead atoms. The number of hydrogen-bond donors (Lipinski definition) is 3. The monoisotopic (exact) mass is 425 g/mol. The molecule has 2 aromatic carbocycles. The van der Waals surface area contributed by atoms with Gasteiger partial charge in [0.05, 0.1) is 10.6 Å². The molecule has 1 heterocycles. The molecule has 3 rings (SSSR count). The number of carboxylic acid groups (broad SMARTS) is 1. The molecule has 8 nitrogen and oxygen atoms in total. The fourth-order valence-corrected chi connectivity index (χ4v) is 3.31. The van der Waals surface area contributed by atoms with E-state index >= 15 is 0 Å². The van der Waals surface area contributed by atoms with Gasteiger partial charge in [0.1, 0.15) is 5.75 Å². The van der Waals surface area contributed by atoms with Gasteiger partial charge in [-0.25, -0.2) is 9.79 Å². The van der Waals surface area contributed by atoms with E-state index < -0.39 is 12.1 Å². The zero-order chi connectivity index (χ0) is 21.7. The van der Waals surface area contributed by atoms with E-state index in [-0.39, 0.29) is 11.8 Å². The van der Waals surface area contributed by atoms with Crippen LogP contribution in [0.25, 0.3) is 6.08 Å². The van der Waals surface area contributed by atoms with Gasteiger partial charge in [0, 0.05) is 12.6 Å². The maximum Gasteiger partial charge on any atom is 0.344 e. The first-order chi connectivity index (χ1) is 14.3. The molecule has 0 saturated carbocycles. The molecule has 0 spiro atoms. The van der Waals surface area contributed by atoms with Crippen LogP contribution in [0.3, 0.4) is 0 Å². The lowest BCUT2D eigenvalue weighted by molar-refractivity contribution is -0.144. The Morgan fingerprint density at radius 3 is 2.43 bits per heavy atom. The van der Waals surface area contributed by atoms with Gasteiger partial charge in [0.15, 0.2) is 11.3 Å². The summed E-state index contributed by atoms with van der Waals surface area (Å²) in [5, 5.41) is 14.7. The van der Waals surface area contributed by atoms with E-state index in [2.05, 4.69) is 15.6 Å². The average molecular weight is 425 g/mol. The average Bonchev–Trinajstić information content (AvgIpc) is 3.03. The van der Waals surface area contributed by atoms with E-state index in [1.54, 1.807) is 54.6 Å². The predicted molar refractivity (Wildman–Crippen MR) is 116 cm³/mol. The Balaban J connectivity index is 1.67. The van der Waals surface area contributed by atoms with Gasteiger partial charge < -0.3 is 20.5 Å². The zero-order valence-electron chi connectivity index (χ0n) is 16.2. The van der Waals surface area contributed by atoms with E-state index in [1.165, 1.54) is 25.6 Å². The van der Waals surface area contributed by atoms with Crippen molar-refractivity contribution >= 4 is 52.2 Å². The molecule has 1 atom stereocenters. The van der Waals surface area contributed by atoms with Crippen LogP contribution in [0, 0.1) is 0 Å². The topological polar surface area (TPSA) is 117 Å². The number of anilines is 1. The molecule has 0 aliphatic carbocycles. The number of nitrogens with one attached hydrogen (secondary N) is 2. The molecule has 0 aromatic heterocycles. The Morgan fingerprint density at radius 1 is 1.17 bits per heavy atom. The van der Waals surface area contributed by atoms with Crippen molar-refractivity contribution in [2.75, 3.05) is 5.32 Å². The van der Waals surface area contributed by atoms with Crippen LogP contribution in [0.2, 0.25) is 0 Å². The minimum absolute atomic E-state index is 0.154. The maximum atomic E-state index is 12.2. The van der Waals surface area contributed by atoms with Gasteiger partial charge in [-0.15, -0.1) is 0 Å². The number of thioether (sulfide) groups is 1. The number of ether oxygens (including phenoxy) is 1. The van der Waals surface area contributed by atoms with Crippen LogP contribution in [0.15, 0.2) is 58.4 Å². The number of carbonyl (C=O) groups is 3. The highest BCUT2D eigenvalue weighted by molar-refractivity contribution is 8.18. The fraction of sp³-hybridized carbons (Fsp3) is 0.143. The highest BCUT2D eigenvalue weighted by Gasteiger charge is 2.23. The van der Waals surface area contributed by atoms with Crippen LogP contribution in [0.4, 0.5) is 11.4 Å². The van der Waals surface area contributed by atoms with E-state index in [1.807, 2.05) is 0 Å². The number of benzene rings is 2. The van der Waals surface area contributed by atoms with Crippen molar-refractivity contribution in [2.45, 2.75) is 20.0 Å². The smallest absolute Gasteiger partial charge is 0.344 e. The normalized spacial score (nSPS) is 16.9. The second-order valence-corrected chi connectivity index (χ2v) is 7.41. The number of rotatable bonds is 6. The summed E-state index contributed by atoms with van der Waals surface area (Å²) in [6.45, 7) is 2.88. The Morgan fingerprint density at radius 2 is 1.83 bits per heavy atom.